The van der Waals surface area contributed by atoms with Gasteiger partial charge in [0.2, 0.25) is 11.8 Å². The number of imide groups is 1. The molecule has 0 radical (unpaired) electrons. The van der Waals surface area contributed by atoms with Crippen molar-refractivity contribution in [2.75, 3.05) is 6.54 Å². The Bertz CT molecular complexity index is 382. The molecule has 8 nitrogen and oxygen atoms in total. The molecule has 8 heteroatoms. The number of aliphatic carboxylic acids is 1. The molecule has 0 aromatic heterocycles. The number of carboxylic acids is 1. The smallest absolute Gasteiger partial charge is 0.321 e. The van der Waals surface area contributed by atoms with Crippen LogP contribution in [-0.4, -0.2) is 41.5 Å². The van der Waals surface area contributed by atoms with Gasteiger partial charge in [-0.3, -0.25) is 19.7 Å². The molecule has 120 valence electrons. The van der Waals surface area contributed by atoms with Gasteiger partial charge in [0.05, 0.1) is 0 Å². The lowest BCUT2D eigenvalue weighted by molar-refractivity contribution is -0.137. The van der Waals surface area contributed by atoms with E-state index in [1.165, 1.54) is 0 Å². The molecule has 4 amide bonds. The summed E-state index contributed by atoms with van der Waals surface area (Å²) >= 11 is 0. The van der Waals surface area contributed by atoms with Gasteiger partial charge >= 0.3 is 12.0 Å². The molecule has 0 atom stereocenters. The minimum absolute atomic E-state index is 0.00440. The molecule has 0 heterocycles. The number of amides is 4. The third-order valence-electron chi connectivity index (χ3n) is 2.38. The third-order valence-corrected chi connectivity index (χ3v) is 2.38. The second-order valence-corrected chi connectivity index (χ2v) is 4.88. The molecular formula is C13H23N3O5. The van der Waals surface area contributed by atoms with Crippen molar-refractivity contribution < 1.29 is 24.3 Å². The van der Waals surface area contributed by atoms with Gasteiger partial charge in [0.25, 0.3) is 0 Å². The Labute approximate surface area is 123 Å². The van der Waals surface area contributed by atoms with Crippen LogP contribution in [0.4, 0.5) is 4.79 Å². The Balaban J connectivity index is 3.67. The third kappa shape index (κ3) is 12.6. The van der Waals surface area contributed by atoms with E-state index in [4.69, 9.17) is 5.11 Å². The van der Waals surface area contributed by atoms with Crippen molar-refractivity contribution >= 4 is 23.8 Å². The highest BCUT2D eigenvalue weighted by Crippen LogP contribution is 1.99. The number of hydrogen-bond donors (Lipinski definition) is 4. The van der Waals surface area contributed by atoms with E-state index in [0.717, 1.165) is 0 Å². The van der Waals surface area contributed by atoms with Gasteiger partial charge < -0.3 is 15.7 Å². The average molecular weight is 301 g/mol. The lowest BCUT2D eigenvalue weighted by Gasteiger charge is -2.09. The highest BCUT2D eigenvalue weighted by Gasteiger charge is 2.08. The maximum Gasteiger partial charge on any atom is 0.321 e. The number of rotatable bonds is 9. The molecule has 0 aliphatic heterocycles. The van der Waals surface area contributed by atoms with Gasteiger partial charge in [0.15, 0.2) is 0 Å². The second kappa shape index (κ2) is 10.6. The fourth-order valence-corrected chi connectivity index (χ4v) is 1.48. The van der Waals surface area contributed by atoms with Crippen LogP contribution in [0.25, 0.3) is 0 Å². The number of nitrogens with one attached hydrogen (secondary N) is 3. The molecule has 0 aliphatic carbocycles. The molecule has 0 aromatic rings. The lowest BCUT2D eigenvalue weighted by Crippen LogP contribution is -2.41. The van der Waals surface area contributed by atoms with Crippen LogP contribution in [0.1, 0.15) is 46.0 Å². The number of hydrogen-bond acceptors (Lipinski definition) is 4. The average Bonchev–Trinajstić information content (AvgIpc) is 2.33. The van der Waals surface area contributed by atoms with Crippen molar-refractivity contribution in [3.8, 4) is 0 Å². The first kappa shape index (κ1) is 18.9. The van der Waals surface area contributed by atoms with E-state index in [1.807, 2.05) is 13.8 Å². The predicted molar refractivity (Wildman–Crippen MR) is 75.5 cm³/mol. The fourth-order valence-electron chi connectivity index (χ4n) is 1.48. The van der Waals surface area contributed by atoms with Gasteiger partial charge in [-0.1, -0.05) is 0 Å². The van der Waals surface area contributed by atoms with Gasteiger partial charge in [0, 0.05) is 31.8 Å². The monoisotopic (exact) mass is 301 g/mol. The maximum absolute atomic E-state index is 11.3. The van der Waals surface area contributed by atoms with Crippen molar-refractivity contribution in [3.05, 3.63) is 0 Å². The summed E-state index contributed by atoms with van der Waals surface area (Å²) < 4.78 is 0. The minimum atomic E-state index is -0.909. The van der Waals surface area contributed by atoms with Gasteiger partial charge in [-0.05, 0) is 26.7 Å². The van der Waals surface area contributed by atoms with Crippen molar-refractivity contribution in [2.24, 2.45) is 0 Å². The molecule has 4 N–H and O–H groups in total. The molecule has 0 spiro atoms. The second-order valence-electron chi connectivity index (χ2n) is 4.88. The van der Waals surface area contributed by atoms with Crippen LogP contribution in [0.3, 0.4) is 0 Å². The van der Waals surface area contributed by atoms with E-state index in [1.54, 1.807) is 0 Å². The van der Waals surface area contributed by atoms with Crippen molar-refractivity contribution in [3.63, 3.8) is 0 Å². The topological polar surface area (TPSA) is 125 Å². The largest absolute Gasteiger partial charge is 0.481 e. The summed E-state index contributed by atoms with van der Waals surface area (Å²) in [7, 11) is 0. The molecule has 0 aliphatic rings. The lowest BCUT2D eigenvalue weighted by atomic mass is 10.2. The first-order valence-electron chi connectivity index (χ1n) is 6.90. The molecule has 0 aromatic carbocycles. The summed E-state index contributed by atoms with van der Waals surface area (Å²) in [6.07, 6.45) is 1.03. The predicted octanol–water partition coefficient (Wildman–Crippen LogP) is 0.372. The van der Waals surface area contributed by atoms with Crippen LogP contribution >= 0.6 is 0 Å². The number of unbranched alkanes of at least 4 members (excludes halogenated alkanes) is 1. The van der Waals surface area contributed by atoms with Crippen LogP contribution in [-0.2, 0) is 14.4 Å². The van der Waals surface area contributed by atoms with Crippen LogP contribution in [0.15, 0.2) is 0 Å². The SMILES string of the molecule is CC(C)NC(=O)CCNC(=O)NC(=O)CCCCC(=O)O. The van der Waals surface area contributed by atoms with E-state index in [-0.39, 0.29) is 37.8 Å². The van der Waals surface area contributed by atoms with E-state index in [9.17, 15) is 19.2 Å². The molecule has 0 saturated carbocycles. The van der Waals surface area contributed by atoms with Gasteiger partial charge in [-0.25, -0.2) is 4.79 Å². The van der Waals surface area contributed by atoms with Gasteiger partial charge in [-0.2, -0.15) is 0 Å². The van der Waals surface area contributed by atoms with Crippen molar-refractivity contribution in [1.82, 2.24) is 16.0 Å². The molecular weight excluding hydrogens is 278 g/mol. The zero-order chi connectivity index (χ0) is 16.3. The molecule has 0 bridgehead atoms. The number of carbonyl (C=O) groups is 4. The fraction of sp³-hybridized carbons (Fsp3) is 0.692. The summed E-state index contributed by atoms with van der Waals surface area (Å²) in [5.41, 5.74) is 0. The van der Waals surface area contributed by atoms with Crippen molar-refractivity contribution in [1.29, 1.82) is 0 Å². The van der Waals surface area contributed by atoms with Gasteiger partial charge in [-0.15, -0.1) is 0 Å². The number of carbonyl (C=O) groups excluding carboxylic acids is 3. The summed E-state index contributed by atoms with van der Waals surface area (Å²) in [4.78, 5) is 44.2. The number of carboxylic acid groups (broad SMARTS) is 1. The molecule has 0 rings (SSSR count). The van der Waals surface area contributed by atoms with Crippen molar-refractivity contribution in [2.45, 2.75) is 52.0 Å². The Hall–Kier alpha value is -2.12. The van der Waals surface area contributed by atoms with Crippen LogP contribution in [0, 0.1) is 0 Å². The summed E-state index contributed by atoms with van der Waals surface area (Å²) in [5, 5.41) is 15.6. The quantitative estimate of drug-likeness (QED) is 0.458. The van der Waals surface area contributed by atoms with E-state index >= 15 is 0 Å². The minimum Gasteiger partial charge on any atom is -0.481 e. The Morgan fingerprint density at radius 2 is 1.57 bits per heavy atom. The highest BCUT2D eigenvalue weighted by molar-refractivity contribution is 5.94. The van der Waals surface area contributed by atoms with E-state index in [2.05, 4.69) is 16.0 Å². The van der Waals surface area contributed by atoms with Gasteiger partial charge in [0.1, 0.15) is 0 Å². The standard InChI is InChI=1S/C13H23N3O5/c1-9(2)15-11(18)7-8-14-13(21)16-10(17)5-3-4-6-12(19)20/h9H,3-8H2,1-2H3,(H,15,18)(H,19,20)(H2,14,16,17,21). The zero-order valence-electron chi connectivity index (χ0n) is 12.4. The first-order chi connectivity index (χ1) is 9.81. The first-order valence-corrected chi connectivity index (χ1v) is 6.90. The summed E-state index contributed by atoms with van der Waals surface area (Å²) in [6.45, 7) is 3.80. The number of urea groups is 1. The van der Waals surface area contributed by atoms with Crippen LogP contribution in [0.5, 0.6) is 0 Å². The van der Waals surface area contributed by atoms with Crippen LogP contribution < -0.4 is 16.0 Å². The Morgan fingerprint density at radius 3 is 2.14 bits per heavy atom. The molecule has 0 saturated heterocycles. The zero-order valence-corrected chi connectivity index (χ0v) is 12.4. The maximum atomic E-state index is 11.3. The molecule has 0 fully saturated rings. The Morgan fingerprint density at radius 1 is 0.952 bits per heavy atom. The highest BCUT2D eigenvalue weighted by atomic mass is 16.4. The van der Waals surface area contributed by atoms with E-state index < -0.39 is 17.9 Å². The summed E-state index contributed by atoms with van der Waals surface area (Å²) in [5.74, 6) is -1.55. The molecule has 21 heavy (non-hydrogen) atoms. The Kier molecular flexibility index (Phi) is 9.57. The van der Waals surface area contributed by atoms with E-state index in [0.29, 0.717) is 12.8 Å². The summed E-state index contributed by atoms with van der Waals surface area (Å²) in [6, 6.07) is -0.616. The van der Waals surface area contributed by atoms with Crippen LogP contribution in [0.2, 0.25) is 0 Å². The normalized spacial score (nSPS) is 10.0. The molecule has 0 unspecified atom stereocenters.